The van der Waals surface area contributed by atoms with Gasteiger partial charge in [0, 0.05) is 4.88 Å². The normalized spacial score (nSPS) is 12.5. The van der Waals surface area contributed by atoms with Crippen molar-refractivity contribution in [2.24, 2.45) is 0 Å². The zero-order valence-corrected chi connectivity index (χ0v) is 9.82. The van der Waals surface area contributed by atoms with Crippen LogP contribution in [0.4, 0.5) is 0 Å². The first kappa shape index (κ1) is 11.5. The summed E-state index contributed by atoms with van der Waals surface area (Å²) in [6, 6.07) is 3.70. The van der Waals surface area contributed by atoms with Crippen molar-refractivity contribution in [3.8, 4) is 0 Å². The third-order valence-electron chi connectivity index (χ3n) is 1.92. The molecule has 1 aromatic rings. The van der Waals surface area contributed by atoms with Crippen LogP contribution in [-0.2, 0) is 9.53 Å². The second-order valence-corrected chi connectivity index (χ2v) is 4.60. The van der Waals surface area contributed by atoms with E-state index in [4.69, 9.17) is 16.3 Å². The third kappa shape index (κ3) is 2.72. The Hall–Kier alpha value is -0.540. The molecule has 1 atom stereocenters. The molecule has 0 N–H and O–H groups in total. The second-order valence-electron chi connectivity index (χ2n) is 2.85. The molecule has 78 valence electrons. The Bertz CT molecular complexity index is 309. The number of halogens is 1. The maximum atomic E-state index is 11.5. The van der Waals surface area contributed by atoms with Crippen LogP contribution in [0.2, 0.25) is 4.34 Å². The van der Waals surface area contributed by atoms with Gasteiger partial charge in [-0.05, 0) is 25.5 Å². The lowest BCUT2D eigenvalue weighted by molar-refractivity contribution is -0.144. The summed E-state index contributed by atoms with van der Waals surface area (Å²) in [5, 5.41) is 0. The summed E-state index contributed by atoms with van der Waals surface area (Å²) < 4.78 is 5.69. The van der Waals surface area contributed by atoms with Gasteiger partial charge in [0.2, 0.25) is 0 Å². The van der Waals surface area contributed by atoms with Gasteiger partial charge in [-0.25, -0.2) is 0 Å². The number of hydrogen-bond acceptors (Lipinski definition) is 3. The number of ether oxygens (including phenoxy) is 1. The van der Waals surface area contributed by atoms with E-state index in [-0.39, 0.29) is 11.9 Å². The maximum Gasteiger partial charge on any atom is 0.314 e. The summed E-state index contributed by atoms with van der Waals surface area (Å²) in [6.45, 7) is 4.20. The molecule has 0 aromatic carbocycles. The molecule has 0 aliphatic rings. The molecule has 0 saturated carbocycles. The largest absolute Gasteiger partial charge is 0.465 e. The molecule has 1 aromatic heterocycles. The van der Waals surface area contributed by atoms with Gasteiger partial charge in [-0.3, -0.25) is 4.79 Å². The van der Waals surface area contributed by atoms with Gasteiger partial charge in [0.1, 0.15) is 0 Å². The summed E-state index contributed by atoms with van der Waals surface area (Å²) >= 11 is 7.25. The first-order valence-corrected chi connectivity index (χ1v) is 5.80. The summed E-state index contributed by atoms with van der Waals surface area (Å²) in [4.78, 5) is 12.5. The van der Waals surface area contributed by atoms with Gasteiger partial charge in [0.25, 0.3) is 0 Å². The van der Waals surface area contributed by atoms with Crippen molar-refractivity contribution in [1.29, 1.82) is 0 Å². The second kappa shape index (κ2) is 5.37. The van der Waals surface area contributed by atoms with E-state index in [0.29, 0.717) is 10.9 Å². The molecule has 14 heavy (non-hydrogen) atoms. The number of thiophene rings is 1. The minimum absolute atomic E-state index is 0.159. The monoisotopic (exact) mass is 232 g/mol. The summed E-state index contributed by atoms with van der Waals surface area (Å²) in [7, 11) is 0. The predicted octanol–water partition coefficient (Wildman–Crippen LogP) is 3.46. The van der Waals surface area contributed by atoms with Gasteiger partial charge in [-0.1, -0.05) is 18.5 Å². The van der Waals surface area contributed by atoms with Gasteiger partial charge in [-0.2, -0.15) is 0 Å². The fourth-order valence-corrected chi connectivity index (χ4v) is 2.48. The van der Waals surface area contributed by atoms with Crippen LogP contribution in [0.3, 0.4) is 0 Å². The van der Waals surface area contributed by atoms with Crippen molar-refractivity contribution in [3.05, 3.63) is 21.3 Å². The fraction of sp³-hybridized carbons (Fsp3) is 0.500. The van der Waals surface area contributed by atoms with Crippen LogP contribution in [0, 0.1) is 0 Å². The topological polar surface area (TPSA) is 26.3 Å². The van der Waals surface area contributed by atoms with Crippen molar-refractivity contribution in [1.82, 2.24) is 0 Å². The standard InChI is InChI=1S/C10H13ClO2S/c1-3-7(10(12)13-4-2)8-5-6-9(11)14-8/h5-7H,3-4H2,1-2H3. The van der Waals surface area contributed by atoms with Gasteiger partial charge in [-0.15, -0.1) is 11.3 Å². The first-order valence-electron chi connectivity index (χ1n) is 4.60. The van der Waals surface area contributed by atoms with E-state index < -0.39 is 0 Å². The van der Waals surface area contributed by atoms with Crippen LogP contribution in [0.1, 0.15) is 31.1 Å². The highest BCUT2D eigenvalue weighted by Gasteiger charge is 2.21. The number of carbonyl (C=O) groups is 1. The van der Waals surface area contributed by atoms with Crippen LogP contribution in [0.5, 0.6) is 0 Å². The van der Waals surface area contributed by atoms with Crippen LogP contribution >= 0.6 is 22.9 Å². The molecule has 0 amide bonds. The maximum absolute atomic E-state index is 11.5. The van der Waals surface area contributed by atoms with Crippen LogP contribution in [0.15, 0.2) is 12.1 Å². The van der Waals surface area contributed by atoms with Crippen molar-refractivity contribution in [3.63, 3.8) is 0 Å². The van der Waals surface area contributed by atoms with E-state index in [1.165, 1.54) is 11.3 Å². The summed E-state index contributed by atoms with van der Waals surface area (Å²) in [6.07, 6.45) is 0.746. The molecule has 2 nitrogen and oxygen atoms in total. The SMILES string of the molecule is CCOC(=O)C(CC)c1ccc(Cl)s1. The molecule has 1 heterocycles. The molecular formula is C10H13ClO2S. The average molecular weight is 233 g/mol. The fourth-order valence-electron chi connectivity index (χ4n) is 1.24. The minimum Gasteiger partial charge on any atom is -0.465 e. The van der Waals surface area contributed by atoms with E-state index in [9.17, 15) is 4.79 Å². The summed E-state index contributed by atoms with van der Waals surface area (Å²) in [5.41, 5.74) is 0. The highest BCUT2D eigenvalue weighted by molar-refractivity contribution is 7.16. The zero-order chi connectivity index (χ0) is 10.6. The van der Waals surface area contributed by atoms with Gasteiger partial charge < -0.3 is 4.74 Å². The molecule has 0 aliphatic carbocycles. The molecule has 0 aliphatic heterocycles. The van der Waals surface area contributed by atoms with E-state index in [1.54, 1.807) is 0 Å². The molecule has 1 rings (SSSR count). The highest BCUT2D eigenvalue weighted by atomic mass is 35.5. The Balaban J connectivity index is 2.76. The molecule has 0 bridgehead atoms. The van der Waals surface area contributed by atoms with Crippen molar-refractivity contribution < 1.29 is 9.53 Å². The van der Waals surface area contributed by atoms with Crippen LogP contribution in [-0.4, -0.2) is 12.6 Å². The van der Waals surface area contributed by atoms with Crippen molar-refractivity contribution in [2.75, 3.05) is 6.61 Å². The molecular weight excluding hydrogens is 220 g/mol. The van der Waals surface area contributed by atoms with Crippen molar-refractivity contribution >= 4 is 28.9 Å². The average Bonchev–Trinajstić information content (AvgIpc) is 2.54. The Morgan fingerprint density at radius 3 is 2.71 bits per heavy atom. The lowest BCUT2D eigenvalue weighted by Gasteiger charge is -2.10. The third-order valence-corrected chi connectivity index (χ3v) is 3.26. The summed E-state index contributed by atoms with van der Waals surface area (Å²) in [5.74, 6) is -0.319. The molecule has 1 unspecified atom stereocenters. The van der Waals surface area contributed by atoms with Gasteiger partial charge >= 0.3 is 5.97 Å². The minimum atomic E-state index is -0.160. The van der Waals surface area contributed by atoms with Gasteiger partial charge in [0.05, 0.1) is 16.9 Å². The first-order chi connectivity index (χ1) is 6.69. The Kier molecular flexibility index (Phi) is 4.42. The van der Waals surface area contributed by atoms with Crippen molar-refractivity contribution in [2.45, 2.75) is 26.2 Å². The lowest BCUT2D eigenvalue weighted by atomic mass is 10.1. The number of carbonyl (C=O) groups excluding carboxylic acids is 1. The molecule has 4 heteroatoms. The number of esters is 1. The zero-order valence-electron chi connectivity index (χ0n) is 8.25. The van der Waals surface area contributed by atoms with Crippen LogP contribution < -0.4 is 0 Å². The molecule has 0 radical (unpaired) electrons. The highest BCUT2D eigenvalue weighted by Crippen LogP contribution is 2.30. The molecule has 0 saturated heterocycles. The van der Waals surface area contributed by atoms with E-state index in [0.717, 1.165) is 11.3 Å². The Morgan fingerprint density at radius 2 is 2.29 bits per heavy atom. The van der Waals surface area contributed by atoms with E-state index >= 15 is 0 Å². The molecule has 0 fully saturated rings. The Morgan fingerprint density at radius 1 is 1.57 bits per heavy atom. The smallest absolute Gasteiger partial charge is 0.314 e. The number of rotatable bonds is 4. The lowest BCUT2D eigenvalue weighted by Crippen LogP contribution is -2.14. The van der Waals surface area contributed by atoms with Gasteiger partial charge in [0.15, 0.2) is 0 Å². The predicted molar refractivity (Wildman–Crippen MR) is 59.0 cm³/mol. The quantitative estimate of drug-likeness (QED) is 0.744. The van der Waals surface area contributed by atoms with Crippen LogP contribution in [0.25, 0.3) is 0 Å². The number of hydrogen-bond donors (Lipinski definition) is 0. The molecule has 0 spiro atoms. The van der Waals surface area contributed by atoms with E-state index in [1.807, 2.05) is 26.0 Å². The van der Waals surface area contributed by atoms with E-state index in [2.05, 4.69) is 0 Å². The Labute approximate surface area is 92.8 Å².